The van der Waals surface area contributed by atoms with Crippen LogP contribution in [0.1, 0.15) is 135 Å². The molecule has 0 fully saturated rings. The molecule has 6 nitrogen and oxygen atoms in total. The van der Waals surface area contributed by atoms with Gasteiger partial charge >= 0.3 is 19.5 Å². The molecule has 0 aliphatic heterocycles. The highest BCUT2D eigenvalue weighted by molar-refractivity contribution is 7.99. The summed E-state index contributed by atoms with van der Waals surface area (Å²) in [5.74, 6) is 1.46. The van der Waals surface area contributed by atoms with Gasteiger partial charge in [-0.1, -0.05) is 115 Å². The Kier molecular flexibility index (Phi) is 21.8. The summed E-state index contributed by atoms with van der Waals surface area (Å²) in [6.07, 6.45) is 18.3. The SMILES string of the molecule is CCCCCCCCC(CCSCCCCCCCCC(C)O[P+](=O)C(O)(OCCC)C(=O)O)c1ccccc1. The van der Waals surface area contributed by atoms with E-state index < -0.39 is 25.6 Å². The highest BCUT2D eigenvalue weighted by Crippen LogP contribution is 2.41. The van der Waals surface area contributed by atoms with Crippen LogP contribution in [0.3, 0.4) is 0 Å². The number of thioether (sulfide) groups is 1. The molecule has 0 aliphatic rings. The standard InChI is InChI=1S/C32H55O6PS/c1-4-6-7-8-12-16-23-30(29-21-17-14-18-22-29)24-27-40-26-19-13-10-9-11-15-20-28(3)38-39(36)32(35,31(33)34)37-25-5-2/h14,17-18,21-22,28,30,35H,4-13,15-16,19-20,23-27H2,1-3H3/p+1. The van der Waals surface area contributed by atoms with E-state index >= 15 is 0 Å². The second-order valence-corrected chi connectivity index (χ2v) is 13.5. The van der Waals surface area contributed by atoms with E-state index in [0.29, 0.717) is 18.8 Å². The number of unbranched alkanes of at least 4 members (excludes halogenated alkanes) is 10. The summed E-state index contributed by atoms with van der Waals surface area (Å²) in [5.41, 5.74) is -1.28. The topological polar surface area (TPSA) is 93.1 Å². The van der Waals surface area contributed by atoms with E-state index in [2.05, 4.69) is 49.0 Å². The van der Waals surface area contributed by atoms with Gasteiger partial charge in [0.25, 0.3) is 0 Å². The van der Waals surface area contributed by atoms with Crippen molar-refractivity contribution in [2.45, 2.75) is 141 Å². The number of carboxylic acids is 1. The molecule has 0 radical (unpaired) electrons. The van der Waals surface area contributed by atoms with Gasteiger partial charge in [-0.15, -0.1) is 4.52 Å². The molecular weight excluding hydrogens is 543 g/mol. The molecule has 8 heteroatoms. The average molecular weight is 600 g/mol. The van der Waals surface area contributed by atoms with Crippen LogP contribution in [0.2, 0.25) is 0 Å². The van der Waals surface area contributed by atoms with Gasteiger partial charge in [0, 0.05) is 0 Å². The number of hydrogen-bond donors (Lipinski definition) is 2. The number of hydrogen-bond acceptors (Lipinski definition) is 6. The van der Waals surface area contributed by atoms with Crippen molar-refractivity contribution in [2.75, 3.05) is 18.1 Å². The first kappa shape index (κ1) is 37.0. The smallest absolute Gasteiger partial charge is 0.474 e. The molecule has 230 valence electrons. The van der Waals surface area contributed by atoms with Gasteiger partial charge in [-0.3, -0.25) is 4.74 Å². The second-order valence-electron chi connectivity index (χ2n) is 10.9. The Bertz CT molecular complexity index is 780. The minimum absolute atomic E-state index is 0.00637. The van der Waals surface area contributed by atoms with Crippen molar-refractivity contribution >= 4 is 25.8 Å². The van der Waals surface area contributed by atoms with Gasteiger partial charge < -0.3 is 10.2 Å². The number of carboxylic acid groups (broad SMARTS) is 1. The quantitative estimate of drug-likeness (QED) is 0.0591. The van der Waals surface area contributed by atoms with E-state index in [1.165, 1.54) is 87.7 Å². The van der Waals surface area contributed by atoms with E-state index in [4.69, 9.17) is 9.26 Å². The van der Waals surface area contributed by atoms with E-state index in [-0.39, 0.29) is 6.61 Å². The Balaban J connectivity index is 2.13. The van der Waals surface area contributed by atoms with E-state index in [1.54, 1.807) is 13.8 Å². The molecule has 0 saturated carbocycles. The lowest BCUT2D eigenvalue weighted by Gasteiger charge is -2.17. The molecular formula is C32H56O6PS+. The highest BCUT2D eigenvalue weighted by atomic mass is 32.2. The average Bonchev–Trinajstić information content (AvgIpc) is 2.95. The summed E-state index contributed by atoms with van der Waals surface area (Å²) < 4.78 is 22.5. The van der Waals surface area contributed by atoms with Gasteiger partial charge in [0.15, 0.2) is 0 Å². The number of carbonyl (C=O) groups is 1. The van der Waals surface area contributed by atoms with Gasteiger partial charge in [-0.2, -0.15) is 11.8 Å². The maximum atomic E-state index is 12.3. The fourth-order valence-corrected chi connectivity index (χ4v) is 6.76. The molecule has 0 saturated heterocycles. The number of rotatable bonds is 27. The third-order valence-electron chi connectivity index (χ3n) is 7.25. The molecule has 1 aromatic rings. The third-order valence-corrected chi connectivity index (χ3v) is 9.71. The first-order chi connectivity index (χ1) is 19.3. The normalized spacial score (nSPS) is 14.9. The molecule has 4 atom stereocenters. The highest BCUT2D eigenvalue weighted by Gasteiger charge is 2.61. The minimum atomic E-state index is -2.90. The van der Waals surface area contributed by atoms with Crippen LogP contribution >= 0.6 is 19.8 Å². The van der Waals surface area contributed by atoms with Crippen LogP contribution in [0.4, 0.5) is 0 Å². The van der Waals surface area contributed by atoms with Crippen LogP contribution in [0.25, 0.3) is 0 Å². The molecule has 2 N–H and O–H groups in total. The zero-order chi connectivity index (χ0) is 29.5. The molecule has 0 aliphatic carbocycles. The van der Waals surface area contributed by atoms with Gasteiger partial charge in [-0.25, -0.2) is 4.79 Å². The minimum Gasteiger partial charge on any atom is -0.474 e. The molecule has 40 heavy (non-hydrogen) atoms. The summed E-state index contributed by atoms with van der Waals surface area (Å²) in [4.78, 5) is 11.3. The zero-order valence-corrected chi connectivity index (χ0v) is 27.1. The predicted octanol–water partition coefficient (Wildman–Crippen LogP) is 9.68. The molecule has 0 spiro atoms. The van der Waals surface area contributed by atoms with Gasteiger partial charge in [0.2, 0.25) is 0 Å². The van der Waals surface area contributed by atoms with Crippen molar-refractivity contribution in [3.8, 4) is 0 Å². The van der Waals surface area contributed by atoms with Gasteiger partial charge in [0.05, 0.1) is 6.61 Å². The lowest BCUT2D eigenvalue weighted by molar-refractivity contribution is -0.192. The van der Waals surface area contributed by atoms with Crippen LogP contribution in [0, 0.1) is 0 Å². The number of aliphatic hydroxyl groups is 1. The van der Waals surface area contributed by atoms with Crippen LogP contribution in [0.15, 0.2) is 30.3 Å². The summed E-state index contributed by atoms with van der Waals surface area (Å²) in [6, 6.07) is 11.1. The molecule has 0 heterocycles. The van der Waals surface area contributed by atoms with Crippen LogP contribution in [0.5, 0.6) is 0 Å². The molecule has 1 rings (SSSR count). The Morgan fingerprint density at radius 2 is 1.45 bits per heavy atom. The zero-order valence-electron chi connectivity index (χ0n) is 25.4. The molecule has 1 aromatic carbocycles. The Hall–Kier alpha value is -0.980. The van der Waals surface area contributed by atoms with Gasteiger partial charge in [0.1, 0.15) is 6.10 Å². The summed E-state index contributed by atoms with van der Waals surface area (Å²) in [6.45, 7) is 5.80. The third kappa shape index (κ3) is 16.5. The largest absolute Gasteiger partial charge is 0.589 e. The van der Waals surface area contributed by atoms with E-state index in [9.17, 15) is 19.6 Å². The first-order valence-corrected chi connectivity index (χ1v) is 18.0. The van der Waals surface area contributed by atoms with Crippen molar-refractivity contribution in [1.82, 2.24) is 0 Å². The number of ether oxygens (including phenoxy) is 1. The molecule has 0 bridgehead atoms. The fraction of sp³-hybridized carbons (Fsp3) is 0.781. The van der Waals surface area contributed by atoms with E-state index in [0.717, 1.165) is 19.3 Å². The predicted molar refractivity (Wildman–Crippen MR) is 168 cm³/mol. The summed E-state index contributed by atoms with van der Waals surface area (Å²) in [7, 11) is -2.90. The van der Waals surface area contributed by atoms with Crippen LogP contribution in [-0.4, -0.2) is 45.9 Å². The monoisotopic (exact) mass is 599 g/mol. The molecule has 0 aromatic heterocycles. The number of aliphatic carboxylic acids is 1. The Morgan fingerprint density at radius 3 is 2.08 bits per heavy atom. The first-order valence-electron chi connectivity index (χ1n) is 15.7. The van der Waals surface area contributed by atoms with Crippen molar-refractivity contribution < 1.29 is 28.8 Å². The molecule has 4 unspecified atom stereocenters. The van der Waals surface area contributed by atoms with Crippen LogP contribution in [-0.2, 0) is 18.6 Å². The molecule has 0 amide bonds. The van der Waals surface area contributed by atoms with Crippen molar-refractivity contribution in [3.05, 3.63) is 35.9 Å². The maximum Gasteiger partial charge on any atom is 0.589 e. The fourth-order valence-electron chi connectivity index (χ4n) is 4.77. The second kappa shape index (κ2) is 23.6. The summed E-state index contributed by atoms with van der Waals surface area (Å²) >= 11 is 2.10. The van der Waals surface area contributed by atoms with Crippen molar-refractivity contribution in [1.29, 1.82) is 0 Å². The maximum absolute atomic E-state index is 12.3. The Morgan fingerprint density at radius 1 is 0.850 bits per heavy atom. The lowest BCUT2D eigenvalue weighted by atomic mass is 9.91. The van der Waals surface area contributed by atoms with E-state index in [1.807, 2.05) is 0 Å². The number of benzene rings is 1. The van der Waals surface area contributed by atoms with Gasteiger partial charge in [-0.05, 0) is 66.6 Å². The Labute approximate surface area is 249 Å². The lowest BCUT2D eigenvalue weighted by Crippen LogP contribution is -2.39. The van der Waals surface area contributed by atoms with Crippen molar-refractivity contribution in [3.63, 3.8) is 0 Å². The summed E-state index contributed by atoms with van der Waals surface area (Å²) in [5, 5.41) is 19.3. The van der Waals surface area contributed by atoms with Crippen molar-refractivity contribution in [2.24, 2.45) is 0 Å². The van der Waals surface area contributed by atoms with Crippen LogP contribution < -0.4 is 0 Å².